The van der Waals surface area contributed by atoms with Crippen molar-refractivity contribution >= 4 is 17.2 Å². The largest absolute Gasteiger partial charge is 0.383 e. The summed E-state index contributed by atoms with van der Waals surface area (Å²) in [4.78, 5) is 9.11. The summed E-state index contributed by atoms with van der Waals surface area (Å²) in [6.45, 7) is 3.42. The van der Waals surface area contributed by atoms with Crippen molar-refractivity contribution in [1.29, 1.82) is 0 Å². The SMILES string of the molecule is CN1CCN(C)C(Cc2nc(N)cs2)C1. The first-order valence-electron chi connectivity index (χ1n) is 5.24. The van der Waals surface area contributed by atoms with E-state index in [2.05, 4.69) is 28.9 Å². The van der Waals surface area contributed by atoms with E-state index in [1.54, 1.807) is 11.3 Å². The lowest BCUT2D eigenvalue weighted by molar-refractivity contribution is 0.114. The number of nitrogens with two attached hydrogens (primary N) is 1. The molecule has 5 heteroatoms. The van der Waals surface area contributed by atoms with Gasteiger partial charge in [0.2, 0.25) is 0 Å². The molecule has 1 saturated heterocycles. The Balaban J connectivity index is 1.98. The number of thiazole rings is 1. The summed E-state index contributed by atoms with van der Waals surface area (Å²) >= 11 is 1.67. The third-order valence-electron chi connectivity index (χ3n) is 2.96. The molecule has 0 bridgehead atoms. The van der Waals surface area contributed by atoms with Gasteiger partial charge in [-0.05, 0) is 14.1 Å². The zero-order valence-corrected chi connectivity index (χ0v) is 10.1. The van der Waals surface area contributed by atoms with Gasteiger partial charge in [-0.3, -0.25) is 0 Å². The molecular weight excluding hydrogens is 208 g/mol. The van der Waals surface area contributed by atoms with Crippen molar-refractivity contribution in [2.45, 2.75) is 12.5 Å². The predicted molar refractivity (Wildman–Crippen MR) is 64.1 cm³/mol. The Kier molecular flexibility index (Phi) is 3.23. The first kappa shape index (κ1) is 10.9. The lowest BCUT2D eigenvalue weighted by Crippen LogP contribution is -2.50. The molecule has 15 heavy (non-hydrogen) atoms. The van der Waals surface area contributed by atoms with E-state index in [1.807, 2.05) is 5.38 Å². The maximum Gasteiger partial charge on any atom is 0.134 e. The molecule has 0 aliphatic carbocycles. The van der Waals surface area contributed by atoms with Crippen molar-refractivity contribution in [2.24, 2.45) is 0 Å². The molecule has 1 atom stereocenters. The number of anilines is 1. The van der Waals surface area contributed by atoms with Crippen LogP contribution in [0.15, 0.2) is 5.38 Å². The van der Waals surface area contributed by atoms with Crippen LogP contribution in [0.4, 0.5) is 5.82 Å². The minimum Gasteiger partial charge on any atom is -0.383 e. The summed E-state index contributed by atoms with van der Waals surface area (Å²) in [6, 6.07) is 0.578. The molecule has 0 amide bonds. The Hall–Kier alpha value is -0.650. The molecule has 2 heterocycles. The molecule has 84 valence electrons. The van der Waals surface area contributed by atoms with E-state index in [-0.39, 0.29) is 0 Å². The summed E-state index contributed by atoms with van der Waals surface area (Å²) in [5.74, 6) is 0.654. The summed E-state index contributed by atoms with van der Waals surface area (Å²) in [7, 11) is 4.37. The smallest absolute Gasteiger partial charge is 0.134 e. The number of aromatic nitrogens is 1. The second-order valence-corrected chi connectivity index (χ2v) is 5.21. The van der Waals surface area contributed by atoms with Gasteiger partial charge in [0.15, 0.2) is 0 Å². The minimum absolute atomic E-state index is 0.578. The summed E-state index contributed by atoms with van der Waals surface area (Å²) in [5.41, 5.74) is 5.62. The van der Waals surface area contributed by atoms with Crippen molar-refractivity contribution in [2.75, 3.05) is 39.5 Å². The maximum atomic E-state index is 5.62. The lowest BCUT2D eigenvalue weighted by atomic mass is 10.1. The molecule has 0 radical (unpaired) electrons. The number of likely N-dealkylation sites (N-methyl/N-ethyl adjacent to an activating group) is 2. The molecule has 2 N–H and O–H groups in total. The fourth-order valence-electron chi connectivity index (χ4n) is 1.94. The van der Waals surface area contributed by atoms with Crippen molar-refractivity contribution in [3.8, 4) is 0 Å². The summed E-state index contributed by atoms with van der Waals surface area (Å²) in [5, 5.41) is 3.07. The van der Waals surface area contributed by atoms with Crippen molar-refractivity contribution in [3.05, 3.63) is 10.4 Å². The third kappa shape index (κ3) is 2.68. The Morgan fingerprint density at radius 2 is 2.33 bits per heavy atom. The first-order chi connectivity index (χ1) is 7.15. The molecule has 0 spiro atoms. The molecular formula is C10H18N4S. The highest BCUT2D eigenvalue weighted by atomic mass is 32.1. The standard InChI is InChI=1S/C10H18N4S/c1-13-3-4-14(2)8(6-13)5-10-12-9(11)7-15-10/h7-8H,3-6,11H2,1-2H3. The molecule has 1 aromatic heterocycles. The van der Waals surface area contributed by atoms with Crippen LogP contribution in [0.25, 0.3) is 0 Å². The third-order valence-corrected chi connectivity index (χ3v) is 3.85. The maximum absolute atomic E-state index is 5.62. The van der Waals surface area contributed by atoms with Crippen LogP contribution in [-0.4, -0.2) is 54.6 Å². The van der Waals surface area contributed by atoms with Crippen LogP contribution in [0.2, 0.25) is 0 Å². The van der Waals surface area contributed by atoms with Crippen LogP contribution in [0, 0.1) is 0 Å². The second-order valence-electron chi connectivity index (χ2n) is 4.27. The highest BCUT2D eigenvalue weighted by Crippen LogP contribution is 2.17. The van der Waals surface area contributed by atoms with Crippen LogP contribution < -0.4 is 5.73 Å². The van der Waals surface area contributed by atoms with E-state index >= 15 is 0 Å². The van der Waals surface area contributed by atoms with Crippen LogP contribution in [0.5, 0.6) is 0 Å². The molecule has 2 rings (SSSR count). The van der Waals surface area contributed by atoms with Crippen molar-refractivity contribution in [1.82, 2.24) is 14.8 Å². The number of nitrogen functional groups attached to an aromatic ring is 1. The van der Waals surface area contributed by atoms with E-state index in [4.69, 9.17) is 5.73 Å². The number of hydrogen-bond donors (Lipinski definition) is 1. The van der Waals surface area contributed by atoms with E-state index in [9.17, 15) is 0 Å². The van der Waals surface area contributed by atoms with Gasteiger partial charge in [0.25, 0.3) is 0 Å². The van der Waals surface area contributed by atoms with Gasteiger partial charge in [0.05, 0.1) is 5.01 Å². The summed E-state index contributed by atoms with van der Waals surface area (Å²) < 4.78 is 0. The molecule has 1 unspecified atom stereocenters. The fourth-order valence-corrected chi connectivity index (χ4v) is 2.70. The van der Waals surface area contributed by atoms with Crippen LogP contribution in [0.1, 0.15) is 5.01 Å². The molecule has 0 aromatic carbocycles. The Labute approximate surface area is 94.7 Å². The Morgan fingerprint density at radius 3 is 3.00 bits per heavy atom. The van der Waals surface area contributed by atoms with Crippen LogP contribution in [0.3, 0.4) is 0 Å². The average Bonchev–Trinajstić information content (AvgIpc) is 2.58. The average molecular weight is 226 g/mol. The van der Waals surface area contributed by atoms with Crippen molar-refractivity contribution in [3.63, 3.8) is 0 Å². The predicted octanol–water partition coefficient (Wildman–Crippen LogP) is 0.514. The van der Waals surface area contributed by atoms with E-state index in [0.717, 1.165) is 31.1 Å². The number of nitrogens with zero attached hydrogens (tertiary/aromatic N) is 3. The van der Waals surface area contributed by atoms with Crippen LogP contribution >= 0.6 is 11.3 Å². The topological polar surface area (TPSA) is 45.4 Å². The molecule has 1 fully saturated rings. The van der Waals surface area contributed by atoms with Crippen LogP contribution in [-0.2, 0) is 6.42 Å². The molecule has 4 nitrogen and oxygen atoms in total. The normalized spacial score (nSPS) is 24.5. The highest BCUT2D eigenvalue weighted by Gasteiger charge is 2.23. The molecule has 1 aromatic rings. The Bertz CT molecular complexity index is 325. The zero-order valence-electron chi connectivity index (χ0n) is 9.31. The summed E-state index contributed by atoms with van der Waals surface area (Å²) in [6.07, 6.45) is 1.02. The molecule has 1 aliphatic rings. The number of piperazine rings is 1. The van der Waals surface area contributed by atoms with Gasteiger partial charge in [-0.2, -0.15) is 0 Å². The van der Waals surface area contributed by atoms with Crippen molar-refractivity contribution < 1.29 is 0 Å². The van der Waals surface area contributed by atoms with Gasteiger partial charge in [0, 0.05) is 37.5 Å². The quantitative estimate of drug-likeness (QED) is 0.798. The number of hydrogen-bond acceptors (Lipinski definition) is 5. The fraction of sp³-hybridized carbons (Fsp3) is 0.700. The van der Waals surface area contributed by atoms with Gasteiger partial charge in [-0.25, -0.2) is 4.98 Å². The van der Waals surface area contributed by atoms with Gasteiger partial charge in [0.1, 0.15) is 5.82 Å². The van der Waals surface area contributed by atoms with E-state index < -0.39 is 0 Å². The van der Waals surface area contributed by atoms with Gasteiger partial charge in [-0.1, -0.05) is 0 Å². The monoisotopic (exact) mass is 226 g/mol. The second kappa shape index (κ2) is 4.47. The zero-order chi connectivity index (χ0) is 10.8. The first-order valence-corrected chi connectivity index (χ1v) is 6.12. The Morgan fingerprint density at radius 1 is 1.53 bits per heavy atom. The molecule has 1 aliphatic heterocycles. The number of rotatable bonds is 2. The van der Waals surface area contributed by atoms with E-state index in [1.165, 1.54) is 0 Å². The highest BCUT2D eigenvalue weighted by molar-refractivity contribution is 7.10. The minimum atomic E-state index is 0.578. The molecule has 0 saturated carbocycles. The lowest BCUT2D eigenvalue weighted by Gasteiger charge is -2.37. The van der Waals surface area contributed by atoms with Gasteiger partial charge in [-0.15, -0.1) is 11.3 Å². The van der Waals surface area contributed by atoms with Gasteiger partial charge < -0.3 is 15.5 Å². The van der Waals surface area contributed by atoms with E-state index in [0.29, 0.717) is 11.9 Å². The van der Waals surface area contributed by atoms with Gasteiger partial charge >= 0.3 is 0 Å².